The molecule has 0 aliphatic rings. The highest BCUT2D eigenvalue weighted by Crippen LogP contribution is 2.35. The van der Waals surface area contributed by atoms with E-state index in [0.29, 0.717) is 21.8 Å². The quantitative estimate of drug-likeness (QED) is 0.753. The summed E-state index contributed by atoms with van der Waals surface area (Å²) in [4.78, 5) is 0. The van der Waals surface area contributed by atoms with Crippen molar-refractivity contribution in [2.75, 3.05) is 5.73 Å². The molecule has 0 atom stereocenters. The van der Waals surface area contributed by atoms with E-state index in [4.69, 9.17) is 17.3 Å². The van der Waals surface area contributed by atoms with Crippen LogP contribution in [-0.4, -0.2) is 0 Å². The van der Waals surface area contributed by atoms with Gasteiger partial charge in [-0.1, -0.05) is 23.7 Å². The predicted molar refractivity (Wildman–Crippen MR) is 66.3 cm³/mol. The third kappa shape index (κ3) is 2.59. The predicted octanol–water partition coefficient (Wildman–Crippen LogP) is 4.61. The maximum atomic E-state index is 12.6. The van der Waals surface area contributed by atoms with Crippen LogP contribution in [0.2, 0.25) is 5.02 Å². The number of hydrogen-bond acceptors (Lipinski definition) is 1. The standard InChI is InChI=1S/C13H9ClF3N/c14-10-4-1-8(2-5-10)11-7-9(13(15,16)17)3-6-12(11)18/h1-7H,18H2. The highest BCUT2D eigenvalue weighted by atomic mass is 35.5. The van der Waals surface area contributed by atoms with E-state index in [2.05, 4.69) is 0 Å². The number of nitrogen functional groups attached to an aromatic ring is 1. The maximum absolute atomic E-state index is 12.6. The van der Waals surface area contributed by atoms with E-state index >= 15 is 0 Å². The first-order valence-electron chi connectivity index (χ1n) is 5.10. The second kappa shape index (κ2) is 4.53. The topological polar surface area (TPSA) is 26.0 Å². The molecule has 0 fully saturated rings. The molecule has 0 saturated carbocycles. The van der Waals surface area contributed by atoms with Crippen LogP contribution in [0.25, 0.3) is 11.1 Å². The van der Waals surface area contributed by atoms with Crippen molar-refractivity contribution >= 4 is 17.3 Å². The van der Waals surface area contributed by atoms with Gasteiger partial charge in [0.15, 0.2) is 0 Å². The molecule has 0 unspecified atom stereocenters. The monoisotopic (exact) mass is 271 g/mol. The second-order valence-electron chi connectivity index (χ2n) is 3.81. The van der Waals surface area contributed by atoms with Crippen molar-refractivity contribution in [1.82, 2.24) is 0 Å². The fraction of sp³-hybridized carbons (Fsp3) is 0.0769. The van der Waals surface area contributed by atoms with Crippen LogP contribution in [0, 0.1) is 0 Å². The Hall–Kier alpha value is -1.68. The zero-order valence-electron chi connectivity index (χ0n) is 9.13. The van der Waals surface area contributed by atoms with Crippen molar-refractivity contribution in [3.8, 4) is 11.1 Å². The van der Waals surface area contributed by atoms with Crippen LogP contribution in [0.5, 0.6) is 0 Å². The van der Waals surface area contributed by atoms with E-state index in [1.54, 1.807) is 24.3 Å². The van der Waals surface area contributed by atoms with Gasteiger partial charge < -0.3 is 5.73 Å². The SMILES string of the molecule is Nc1ccc(C(F)(F)F)cc1-c1ccc(Cl)cc1. The van der Waals surface area contributed by atoms with Crippen LogP contribution in [0.1, 0.15) is 5.56 Å². The molecule has 0 saturated heterocycles. The molecule has 94 valence electrons. The van der Waals surface area contributed by atoms with E-state index in [1.165, 1.54) is 6.07 Å². The molecule has 2 aromatic carbocycles. The molecule has 0 aromatic heterocycles. The Bertz CT molecular complexity index is 561. The number of hydrogen-bond donors (Lipinski definition) is 1. The molecular weight excluding hydrogens is 263 g/mol. The zero-order valence-corrected chi connectivity index (χ0v) is 9.89. The molecule has 1 nitrogen and oxygen atoms in total. The summed E-state index contributed by atoms with van der Waals surface area (Å²) >= 11 is 5.73. The second-order valence-corrected chi connectivity index (χ2v) is 4.24. The fourth-order valence-electron chi connectivity index (χ4n) is 1.61. The Morgan fingerprint density at radius 1 is 0.944 bits per heavy atom. The molecule has 2 rings (SSSR count). The van der Waals surface area contributed by atoms with Crippen molar-refractivity contribution in [3.05, 3.63) is 53.1 Å². The Morgan fingerprint density at radius 2 is 1.56 bits per heavy atom. The zero-order chi connectivity index (χ0) is 13.3. The van der Waals surface area contributed by atoms with E-state index in [9.17, 15) is 13.2 Å². The first-order valence-corrected chi connectivity index (χ1v) is 5.48. The third-order valence-electron chi connectivity index (χ3n) is 2.54. The van der Waals surface area contributed by atoms with Crippen LogP contribution in [0.4, 0.5) is 18.9 Å². The van der Waals surface area contributed by atoms with Crippen LogP contribution in [-0.2, 0) is 6.18 Å². The number of halogens is 4. The largest absolute Gasteiger partial charge is 0.416 e. The first-order chi connectivity index (χ1) is 8.38. The Kier molecular flexibility index (Phi) is 3.22. The number of benzene rings is 2. The lowest BCUT2D eigenvalue weighted by Gasteiger charge is -2.11. The molecule has 0 aliphatic carbocycles. The Morgan fingerprint density at radius 3 is 2.11 bits per heavy atom. The number of alkyl halides is 3. The van der Waals surface area contributed by atoms with Crippen LogP contribution in [0.3, 0.4) is 0 Å². The Labute approximate surface area is 107 Å². The van der Waals surface area contributed by atoms with E-state index in [-0.39, 0.29) is 0 Å². The highest BCUT2D eigenvalue weighted by Gasteiger charge is 2.30. The van der Waals surface area contributed by atoms with Gasteiger partial charge in [0.05, 0.1) is 5.56 Å². The Balaban J connectivity index is 2.53. The molecule has 0 spiro atoms. The molecule has 0 amide bonds. The highest BCUT2D eigenvalue weighted by molar-refractivity contribution is 6.30. The van der Waals surface area contributed by atoms with Gasteiger partial charge in [-0.2, -0.15) is 13.2 Å². The summed E-state index contributed by atoms with van der Waals surface area (Å²) in [6, 6.07) is 9.75. The lowest BCUT2D eigenvalue weighted by Crippen LogP contribution is -2.05. The third-order valence-corrected chi connectivity index (χ3v) is 2.79. The average molecular weight is 272 g/mol. The summed E-state index contributed by atoms with van der Waals surface area (Å²) in [7, 11) is 0. The van der Waals surface area contributed by atoms with Gasteiger partial charge in [0.25, 0.3) is 0 Å². The molecule has 2 N–H and O–H groups in total. The normalized spacial score (nSPS) is 11.6. The minimum atomic E-state index is -4.38. The van der Waals surface area contributed by atoms with Gasteiger partial charge in [-0.25, -0.2) is 0 Å². The van der Waals surface area contributed by atoms with Crippen molar-refractivity contribution < 1.29 is 13.2 Å². The van der Waals surface area contributed by atoms with Crippen molar-refractivity contribution in [1.29, 1.82) is 0 Å². The van der Waals surface area contributed by atoms with Crippen molar-refractivity contribution in [2.24, 2.45) is 0 Å². The molecule has 18 heavy (non-hydrogen) atoms. The van der Waals surface area contributed by atoms with E-state index in [1.807, 2.05) is 0 Å². The first kappa shape index (κ1) is 12.8. The fourth-order valence-corrected chi connectivity index (χ4v) is 1.74. The van der Waals surface area contributed by atoms with Crippen molar-refractivity contribution in [3.63, 3.8) is 0 Å². The summed E-state index contributed by atoms with van der Waals surface area (Å²) < 4.78 is 37.9. The molecule has 5 heteroatoms. The summed E-state index contributed by atoms with van der Waals surface area (Å²) in [5, 5.41) is 0.518. The lowest BCUT2D eigenvalue weighted by atomic mass is 10.0. The van der Waals surface area contributed by atoms with Gasteiger partial charge in [0, 0.05) is 16.3 Å². The van der Waals surface area contributed by atoms with Gasteiger partial charge in [-0.3, -0.25) is 0 Å². The lowest BCUT2D eigenvalue weighted by molar-refractivity contribution is -0.137. The van der Waals surface area contributed by atoms with E-state index < -0.39 is 11.7 Å². The van der Waals surface area contributed by atoms with Gasteiger partial charge in [-0.15, -0.1) is 0 Å². The summed E-state index contributed by atoms with van der Waals surface area (Å²) in [5.74, 6) is 0. The number of nitrogens with two attached hydrogens (primary N) is 1. The maximum Gasteiger partial charge on any atom is 0.416 e. The molecule has 0 radical (unpaired) electrons. The van der Waals surface area contributed by atoms with Crippen LogP contribution < -0.4 is 5.73 Å². The molecule has 0 aliphatic heterocycles. The minimum Gasteiger partial charge on any atom is -0.398 e. The van der Waals surface area contributed by atoms with E-state index in [0.717, 1.165) is 12.1 Å². The van der Waals surface area contributed by atoms with Crippen LogP contribution >= 0.6 is 11.6 Å². The summed E-state index contributed by atoms with van der Waals surface area (Å²) in [5.41, 5.74) is 6.23. The number of anilines is 1. The number of rotatable bonds is 1. The minimum absolute atomic E-state index is 0.297. The molecule has 0 bridgehead atoms. The van der Waals surface area contributed by atoms with Gasteiger partial charge in [0.1, 0.15) is 0 Å². The molecular formula is C13H9ClF3N. The summed E-state index contributed by atoms with van der Waals surface area (Å²) in [6.45, 7) is 0. The van der Waals surface area contributed by atoms with Gasteiger partial charge in [0.2, 0.25) is 0 Å². The van der Waals surface area contributed by atoms with Gasteiger partial charge >= 0.3 is 6.18 Å². The molecule has 2 aromatic rings. The van der Waals surface area contributed by atoms with Gasteiger partial charge in [-0.05, 0) is 35.9 Å². The average Bonchev–Trinajstić information content (AvgIpc) is 2.29. The van der Waals surface area contributed by atoms with Crippen molar-refractivity contribution in [2.45, 2.75) is 6.18 Å². The molecule has 0 heterocycles. The van der Waals surface area contributed by atoms with Crippen LogP contribution in [0.15, 0.2) is 42.5 Å². The summed E-state index contributed by atoms with van der Waals surface area (Å²) in [6.07, 6.45) is -4.38. The smallest absolute Gasteiger partial charge is 0.398 e.